The van der Waals surface area contributed by atoms with Gasteiger partial charge in [-0.2, -0.15) is 0 Å². The molecule has 0 saturated heterocycles. The Morgan fingerprint density at radius 2 is 1.76 bits per heavy atom. The maximum atomic E-state index is 12.9. The Hall–Kier alpha value is -3.51. The van der Waals surface area contributed by atoms with E-state index in [4.69, 9.17) is 4.74 Å². The zero-order chi connectivity index (χ0) is 20.1. The molecule has 4 rings (SSSR count). The van der Waals surface area contributed by atoms with Gasteiger partial charge >= 0.3 is 6.09 Å². The summed E-state index contributed by atoms with van der Waals surface area (Å²) in [6, 6.07) is 25.7. The first-order valence-electron chi connectivity index (χ1n) is 9.84. The smallest absolute Gasteiger partial charge is 0.411 e. The van der Waals surface area contributed by atoms with Crippen LogP contribution in [-0.4, -0.2) is 17.5 Å². The lowest BCUT2D eigenvalue weighted by Gasteiger charge is -2.34. The Morgan fingerprint density at radius 3 is 2.52 bits per heavy atom. The lowest BCUT2D eigenvalue weighted by molar-refractivity contribution is 0.0862. The molecule has 0 saturated carbocycles. The van der Waals surface area contributed by atoms with Crippen LogP contribution in [0.1, 0.15) is 33.9 Å². The second-order valence-corrected chi connectivity index (χ2v) is 7.22. The van der Waals surface area contributed by atoms with Gasteiger partial charge in [-0.3, -0.25) is 4.90 Å². The van der Waals surface area contributed by atoms with Gasteiger partial charge in [-0.05, 0) is 42.2 Å². The minimum Gasteiger partial charge on any atom is -0.445 e. The minimum absolute atomic E-state index is 0.260. The van der Waals surface area contributed by atoms with Gasteiger partial charge in [0.05, 0.1) is 0 Å². The number of aryl methyl sites for hydroxylation is 1. The molecule has 3 nitrogen and oxygen atoms in total. The van der Waals surface area contributed by atoms with Gasteiger partial charge in [-0.15, -0.1) is 0 Å². The van der Waals surface area contributed by atoms with Crippen LogP contribution in [0.15, 0.2) is 78.9 Å². The fraction of sp³-hybridized carbons (Fsp3) is 0.192. The largest absolute Gasteiger partial charge is 0.445 e. The molecule has 0 N–H and O–H groups in total. The molecule has 1 heterocycles. The van der Waals surface area contributed by atoms with E-state index < -0.39 is 0 Å². The summed E-state index contributed by atoms with van der Waals surface area (Å²) in [5.41, 5.74) is 5.41. The molecule has 3 aromatic carbocycles. The summed E-state index contributed by atoms with van der Waals surface area (Å²) in [6.07, 6.45) is 0.480. The van der Waals surface area contributed by atoms with E-state index >= 15 is 0 Å². The Labute approximate surface area is 171 Å². The number of rotatable bonds is 2. The topological polar surface area (TPSA) is 29.5 Å². The zero-order valence-electron chi connectivity index (χ0n) is 16.5. The second-order valence-electron chi connectivity index (χ2n) is 7.22. The summed E-state index contributed by atoms with van der Waals surface area (Å²) in [5.74, 6) is 6.56. The third-order valence-corrected chi connectivity index (χ3v) is 5.10. The van der Waals surface area contributed by atoms with E-state index in [1.54, 1.807) is 4.90 Å². The summed E-state index contributed by atoms with van der Waals surface area (Å²) >= 11 is 0. The average molecular weight is 381 g/mol. The van der Waals surface area contributed by atoms with E-state index in [-0.39, 0.29) is 18.7 Å². The Morgan fingerprint density at radius 1 is 1.03 bits per heavy atom. The predicted molar refractivity (Wildman–Crippen MR) is 114 cm³/mol. The molecule has 0 aliphatic carbocycles. The number of carbonyl (C=O) groups excluding carboxylic acids is 1. The van der Waals surface area contributed by atoms with Gasteiger partial charge in [0.2, 0.25) is 0 Å². The van der Waals surface area contributed by atoms with Gasteiger partial charge in [0.15, 0.2) is 0 Å². The highest BCUT2D eigenvalue weighted by Gasteiger charge is 2.30. The maximum absolute atomic E-state index is 12.9. The number of carbonyl (C=O) groups is 1. The first-order valence-corrected chi connectivity index (χ1v) is 9.84. The van der Waals surface area contributed by atoms with Gasteiger partial charge < -0.3 is 4.74 Å². The van der Waals surface area contributed by atoms with E-state index in [0.717, 1.165) is 28.7 Å². The average Bonchev–Trinajstić information content (AvgIpc) is 2.77. The van der Waals surface area contributed by atoms with E-state index in [1.807, 2.05) is 60.7 Å². The molecule has 3 heteroatoms. The minimum atomic E-state index is -0.326. The van der Waals surface area contributed by atoms with Crippen molar-refractivity contribution in [1.29, 1.82) is 0 Å². The molecule has 29 heavy (non-hydrogen) atoms. The molecule has 0 radical (unpaired) electrons. The molecule has 144 valence electrons. The van der Waals surface area contributed by atoms with Crippen molar-refractivity contribution in [2.45, 2.75) is 26.0 Å². The molecule has 1 amide bonds. The first-order chi connectivity index (χ1) is 14.2. The lowest BCUT2D eigenvalue weighted by Crippen LogP contribution is -2.40. The normalized spacial score (nSPS) is 15.1. The molecule has 1 aliphatic rings. The fourth-order valence-electron chi connectivity index (χ4n) is 3.56. The van der Waals surface area contributed by atoms with E-state index in [0.29, 0.717) is 6.54 Å². The number of benzene rings is 3. The van der Waals surface area contributed by atoms with Gasteiger partial charge in [0.1, 0.15) is 12.6 Å². The molecule has 1 aliphatic heterocycles. The number of fused-ring (bicyclic) bond motifs is 1. The van der Waals surface area contributed by atoms with E-state index in [2.05, 4.69) is 37.0 Å². The Balaban J connectivity index is 1.61. The molecular weight excluding hydrogens is 358 g/mol. The van der Waals surface area contributed by atoms with Crippen LogP contribution in [-0.2, 0) is 17.8 Å². The number of hydrogen-bond donors (Lipinski definition) is 0. The molecule has 0 unspecified atom stereocenters. The third-order valence-electron chi connectivity index (χ3n) is 5.10. The van der Waals surface area contributed by atoms with E-state index in [1.165, 1.54) is 5.56 Å². The number of ether oxygens (including phenoxy) is 1. The molecule has 3 aromatic rings. The van der Waals surface area contributed by atoms with Crippen LogP contribution >= 0.6 is 0 Å². The van der Waals surface area contributed by atoms with Crippen molar-refractivity contribution in [3.05, 3.63) is 107 Å². The highest BCUT2D eigenvalue weighted by Crippen LogP contribution is 2.31. The monoisotopic (exact) mass is 381 g/mol. The number of amides is 1. The molecule has 0 fully saturated rings. The second kappa shape index (κ2) is 8.67. The molecule has 1 atom stereocenters. The first kappa shape index (κ1) is 18.8. The van der Waals surface area contributed by atoms with Crippen LogP contribution in [0.4, 0.5) is 4.79 Å². The van der Waals surface area contributed by atoms with Crippen LogP contribution < -0.4 is 0 Å². The van der Waals surface area contributed by atoms with Gasteiger partial charge in [-0.1, -0.05) is 84.1 Å². The lowest BCUT2D eigenvalue weighted by atomic mass is 9.91. The van der Waals surface area contributed by atoms with Gasteiger partial charge in [0.25, 0.3) is 0 Å². The highest BCUT2D eigenvalue weighted by molar-refractivity contribution is 5.70. The Kier molecular flexibility index (Phi) is 5.63. The van der Waals surface area contributed by atoms with Crippen molar-refractivity contribution in [2.75, 3.05) is 6.54 Å². The Bertz CT molecular complexity index is 1050. The molecular formula is C26H23NO2. The predicted octanol–water partition coefficient (Wildman–Crippen LogP) is 5.28. The quantitative estimate of drug-likeness (QED) is 0.565. The van der Waals surface area contributed by atoms with Crippen LogP contribution in [0, 0.1) is 18.8 Å². The van der Waals surface area contributed by atoms with Crippen molar-refractivity contribution in [1.82, 2.24) is 4.90 Å². The summed E-state index contributed by atoms with van der Waals surface area (Å²) < 4.78 is 5.61. The van der Waals surface area contributed by atoms with Crippen molar-refractivity contribution in [2.24, 2.45) is 0 Å². The van der Waals surface area contributed by atoms with Gasteiger partial charge in [0, 0.05) is 12.1 Å². The van der Waals surface area contributed by atoms with Crippen molar-refractivity contribution < 1.29 is 9.53 Å². The van der Waals surface area contributed by atoms with E-state index in [9.17, 15) is 4.79 Å². The number of hydrogen-bond acceptors (Lipinski definition) is 2. The summed E-state index contributed by atoms with van der Waals surface area (Å²) in [6.45, 7) is 2.92. The summed E-state index contributed by atoms with van der Waals surface area (Å²) in [7, 11) is 0. The molecule has 0 bridgehead atoms. The van der Waals surface area contributed by atoms with Gasteiger partial charge in [-0.25, -0.2) is 4.79 Å². The van der Waals surface area contributed by atoms with Crippen LogP contribution in [0.3, 0.4) is 0 Å². The zero-order valence-corrected chi connectivity index (χ0v) is 16.5. The van der Waals surface area contributed by atoms with Crippen LogP contribution in [0.5, 0.6) is 0 Å². The third kappa shape index (κ3) is 4.50. The fourth-order valence-corrected chi connectivity index (χ4v) is 3.56. The highest BCUT2D eigenvalue weighted by atomic mass is 16.6. The summed E-state index contributed by atoms with van der Waals surface area (Å²) in [4.78, 5) is 14.7. The molecule has 0 spiro atoms. The summed E-state index contributed by atoms with van der Waals surface area (Å²) in [5, 5.41) is 0. The van der Waals surface area contributed by atoms with Crippen molar-refractivity contribution >= 4 is 6.09 Å². The SMILES string of the molecule is Cc1ccc2c(c1)[C@H](C#Cc1ccccc1)N(C(=O)OCc1ccccc1)CC2. The maximum Gasteiger partial charge on any atom is 0.411 e. The number of nitrogens with zero attached hydrogens (tertiary/aromatic N) is 1. The van der Waals surface area contributed by atoms with Crippen LogP contribution in [0.25, 0.3) is 0 Å². The standard InChI is InChI=1S/C26H23NO2/c1-20-12-14-23-16-17-27(26(28)29-19-22-10-6-3-7-11-22)25(24(23)18-20)15-13-21-8-4-2-5-9-21/h2-12,14,18,25H,16-17,19H2,1H3/t25-/m0/s1. The van der Waals surface area contributed by atoms with Crippen molar-refractivity contribution in [3.8, 4) is 11.8 Å². The van der Waals surface area contributed by atoms with Crippen molar-refractivity contribution in [3.63, 3.8) is 0 Å². The van der Waals surface area contributed by atoms with Crippen LogP contribution in [0.2, 0.25) is 0 Å². The molecule has 0 aromatic heterocycles.